The Hall–Kier alpha value is -1.92. The summed E-state index contributed by atoms with van der Waals surface area (Å²) < 4.78 is 7.22. The largest absolute Gasteiger partial charge is 0.496 e. The van der Waals surface area contributed by atoms with Gasteiger partial charge in [-0.05, 0) is 30.5 Å². The van der Waals surface area contributed by atoms with E-state index in [1.807, 2.05) is 23.7 Å². The maximum atomic E-state index is 5.73. The number of aryl methyl sites for hydroxylation is 2. The van der Waals surface area contributed by atoms with Gasteiger partial charge >= 0.3 is 0 Å². The van der Waals surface area contributed by atoms with E-state index in [9.17, 15) is 0 Å². The van der Waals surface area contributed by atoms with Crippen LogP contribution in [0.25, 0.3) is 0 Å². The molecule has 0 fully saturated rings. The van der Waals surface area contributed by atoms with Crippen molar-refractivity contribution in [2.75, 3.05) is 7.11 Å². The Morgan fingerprint density at radius 3 is 2.86 bits per heavy atom. The molecule has 2 rings (SSSR count). The Labute approximate surface area is 125 Å². The molecule has 0 aliphatic rings. The van der Waals surface area contributed by atoms with Crippen LogP contribution in [0.3, 0.4) is 0 Å². The zero-order chi connectivity index (χ0) is 15.2. The van der Waals surface area contributed by atoms with Crippen molar-refractivity contribution >= 4 is 0 Å². The molecule has 2 aromatic rings. The van der Waals surface area contributed by atoms with E-state index in [1.165, 1.54) is 0 Å². The Balaban J connectivity index is 2.19. The first-order valence-corrected chi connectivity index (χ1v) is 7.17. The molecule has 21 heavy (non-hydrogen) atoms. The highest BCUT2D eigenvalue weighted by molar-refractivity contribution is 5.37. The lowest BCUT2D eigenvalue weighted by Crippen LogP contribution is -2.30. The van der Waals surface area contributed by atoms with Crippen molar-refractivity contribution in [1.82, 2.24) is 20.2 Å². The maximum Gasteiger partial charge on any atom is 0.138 e. The molecule has 0 bridgehead atoms. The number of nitrogens with one attached hydrogen (secondary N) is 1. The third-order valence-electron chi connectivity index (χ3n) is 3.54. The molecule has 0 aliphatic heterocycles. The van der Waals surface area contributed by atoms with Crippen LogP contribution in [-0.2, 0) is 13.0 Å². The first-order chi connectivity index (χ1) is 10.2. The van der Waals surface area contributed by atoms with Gasteiger partial charge < -0.3 is 4.74 Å². The van der Waals surface area contributed by atoms with Crippen molar-refractivity contribution in [2.24, 2.45) is 5.84 Å². The number of ether oxygens (including phenoxy) is 1. The number of benzene rings is 1. The van der Waals surface area contributed by atoms with Gasteiger partial charge in [0.15, 0.2) is 0 Å². The normalized spacial score (nSPS) is 12.4. The Kier molecular flexibility index (Phi) is 5.30. The number of rotatable bonds is 7. The molecule has 1 aromatic heterocycles. The van der Waals surface area contributed by atoms with E-state index in [4.69, 9.17) is 10.6 Å². The molecule has 0 aliphatic carbocycles. The van der Waals surface area contributed by atoms with Crippen LogP contribution in [-0.4, -0.2) is 21.9 Å². The number of methoxy groups -OCH3 is 1. The molecular formula is C15H23N5O. The van der Waals surface area contributed by atoms with E-state index in [1.54, 1.807) is 13.4 Å². The summed E-state index contributed by atoms with van der Waals surface area (Å²) in [6.07, 6.45) is 3.32. The fraction of sp³-hybridized carbons (Fsp3) is 0.467. The fourth-order valence-corrected chi connectivity index (χ4v) is 2.42. The topological polar surface area (TPSA) is 78.0 Å². The van der Waals surface area contributed by atoms with Gasteiger partial charge in [-0.1, -0.05) is 19.1 Å². The number of nitrogens with two attached hydrogens (primary N) is 1. The third-order valence-corrected chi connectivity index (χ3v) is 3.54. The zero-order valence-electron chi connectivity index (χ0n) is 12.8. The van der Waals surface area contributed by atoms with Crippen LogP contribution in [0, 0.1) is 6.92 Å². The smallest absolute Gasteiger partial charge is 0.138 e. The highest BCUT2D eigenvalue weighted by atomic mass is 16.5. The Bertz CT molecular complexity index is 581. The second-order valence-electron chi connectivity index (χ2n) is 5.05. The van der Waals surface area contributed by atoms with Gasteiger partial charge in [0.2, 0.25) is 0 Å². The molecule has 1 unspecified atom stereocenters. The van der Waals surface area contributed by atoms with Gasteiger partial charge in [-0.2, -0.15) is 5.10 Å². The van der Waals surface area contributed by atoms with E-state index in [-0.39, 0.29) is 6.04 Å². The van der Waals surface area contributed by atoms with E-state index >= 15 is 0 Å². The molecule has 0 spiro atoms. The number of hydrazine groups is 1. The lowest BCUT2D eigenvalue weighted by atomic mass is 10.0. The molecule has 0 saturated carbocycles. The van der Waals surface area contributed by atoms with Crippen LogP contribution in [0.1, 0.15) is 36.3 Å². The van der Waals surface area contributed by atoms with Crippen molar-refractivity contribution in [2.45, 2.75) is 39.3 Å². The Morgan fingerprint density at radius 1 is 1.43 bits per heavy atom. The monoisotopic (exact) mass is 289 g/mol. The molecule has 0 amide bonds. The third kappa shape index (κ3) is 3.59. The van der Waals surface area contributed by atoms with Crippen molar-refractivity contribution < 1.29 is 4.74 Å². The Morgan fingerprint density at radius 2 is 2.24 bits per heavy atom. The second-order valence-corrected chi connectivity index (χ2v) is 5.05. The summed E-state index contributed by atoms with van der Waals surface area (Å²) in [7, 11) is 1.67. The summed E-state index contributed by atoms with van der Waals surface area (Å²) in [6, 6.07) is 6.07. The molecule has 3 N–H and O–H groups in total. The van der Waals surface area contributed by atoms with Crippen LogP contribution >= 0.6 is 0 Å². The van der Waals surface area contributed by atoms with Crippen LogP contribution in [0.15, 0.2) is 24.5 Å². The molecule has 1 aromatic carbocycles. The minimum absolute atomic E-state index is 0.00517. The lowest BCUT2D eigenvalue weighted by molar-refractivity contribution is 0.411. The maximum absolute atomic E-state index is 5.73. The quantitative estimate of drug-likeness (QED) is 0.600. The van der Waals surface area contributed by atoms with Gasteiger partial charge in [0.1, 0.15) is 17.9 Å². The average Bonchev–Trinajstić information content (AvgIpc) is 2.92. The summed E-state index contributed by atoms with van der Waals surface area (Å²) in [4.78, 5) is 4.34. The van der Waals surface area contributed by atoms with E-state index in [0.29, 0.717) is 6.42 Å². The average molecular weight is 289 g/mol. The number of nitrogens with zero attached hydrogens (tertiary/aromatic N) is 3. The summed E-state index contributed by atoms with van der Waals surface area (Å²) in [6.45, 7) is 5.01. The van der Waals surface area contributed by atoms with Crippen LogP contribution in [0.4, 0.5) is 0 Å². The minimum atomic E-state index is -0.00517. The fourth-order valence-electron chi connectivity index (χ4n) is 2.42. The van der Waals surface area contributed by atoms with Crippen LogP contribution in [0.2, 0.25) is 0 Å². The molecule has 6 heteroatoms. The highest BCUT2D eigenvalue weighted by Crippen LogP contribution is 2.24. The van der Waals surface area contributed by atoms with Gasteiger partial charge in [-0.15, -0.1) is 0 Å². The molecule has 0 saturated heterocycles. The van der Waals surface area contributed by atoms with Gasteiger partial charge in [0, 0.05) is 13.0 Å². The molecular weight excluding hydrogens is 266 g/mol. The van der Waals surface area contributed by atoms with Gasteiger partial charge in [-0.3, -0.25) is 16.0 Å². The summed E-state index contributed by atoms with van der Waals surface area (Å²) >= 11 is 0. The highest BCUT2D eigenvalue weighted by Gasteiger charge is 2.15. The summed E-state index contributed by atoms with van der Waals surface area (Å²) in [5.41, 5.74) is 5.07. The predicted octanol–water partition coefficient (Wildman–Crippen LogP) is 1.75. The molecule has 6 nitrogen and oxygen atoms in total. The predicted molar refractivity (Wildman–Crippen MR) is 81.8 cm³/mol. The minimum Gasteiger partial charge on any atom is -0.496 e. The number of aromatic nitrogens is 3. The van der Waals surface area contributed by atoms with Crippen LogP contribution in [0.5, 0.6) is 5.75 Å². The van der Waals surface area contributed by atoms with Crippen molar-refractivity contribution in [3.63, 3.8) is 0 Å². The lowest BCUT2D eigenvalue weighted by Gasteiger charge is -2.17. The standard InChI is InChI=1S/C15H23N5O/c1-4-7-20-15(17-10-18-20)9-13(19-16)12-5-6-14(21-3)11(2)8-12/h5-6,8,10,13,19H,4,7,9,16H2,1-3H3. The van der Waals surface area contributed by atoms with Crippen molar-refractivity contribution in [1.29, 1.82) is 0 Å². The van der Waals surface area contributed by atoms with Gasteiger partial charge in [0.05, 0.1) is 13.2 Å². The van der Waals surface area contributed by atoms with Crippen molar-refractivity contribution in [3.05, 3.63) is 41.5 Å². The first-order valence-electron chi connectivity index (χ1n) is 7.17. The van der Waals surface area contributed by atoms with Gasteiger partial charge in [0.25, 0.3) is 0 Å². The van der Waals surface area contributed by atoms with E-state index in [2.05, 4.69) is 28.5 Å². The van der Waals surface area contributed by atoms with E-state index in [0.717, 1.165) is 35.7 Å². The second kappa shape index (κ2) is 7.19. The van der Waals surface area contributed by atoms with E-state index < -0.39 is 0 Å². The summed E-state index contributed by atoms with van der Waals surface area (Å²) in [5, 5.41) is 4.25. The van der Waals surface area contributed by atoms with Crippen LogP contribution < -0.4 is 16.0 Å². The summed E-state index contributed by atoms with van der Waals surface area (Å²) in [5.74, 6) is 7.54. The number of hydrogen-bond donors (Lipinski definition) is 2. The first kappa shape index (κ1) is 15.5. The SMILES string of the molecule is CCCn1ncnc1CC(NN)c1ccc(OC)c(C)c1. The molecule has 0 radical (unpaired) electrons. The number of hydrogen-bond acceptors (Lipinski definition) is 5. The molecule has 114 valence electrons. The molecule has 1 atom stereocenters. The molecule has 1 heterocycles. The van der Waals surface area contributed by atoms with Gasteiger partial charge in [-0.25, -0.2) is 4.98 Å². The zero-order valence-corrected chi connectivity index (χ0v) is 12.8. The van der Waals surface area contributed by atoms with Crippen molar-refractivity contribution in [3.8, 4) is 5.75 Å².